The number of aromatic nitrogens is 1. The lowest BCUT2D eigenvalue weighted by Crippen LogP contribution is -2.17. The van der Waals surface area contributed by atoms with Crippen molar-refractivity contribution in [1.29, 1.82) is 0 Å². The summed E-state index contributed by atoms with van der Waals surface area (Å²) in [7, 11) is 0. The second-order valence-electron chi connectivity index (χ2n) is 3.53. The Morgan fingerprint density at radius 2 is 2.21 bits per heavy atom. The minimum atomic E-state index is 0.423. The number of hydrogen-bond acceptors (Lipinski definition) is 3. The topological polar surface area (TPSA) is 31.4 Å². The summed E-state index contributed by atoms with van der Waals surface area (Å²) in [5.41, 5.74) is 1.02. The number of rotatable bonds is 2. The lowest BCUT2D eigenvalue weighted by molar-refractivity contribution is 0.168. The van der Waals surface area contributed by atoms with E-state index in [0.29, 0.717) is 19.1 Å². The largest absolute Gasteiger partial charge is 0.486 e. The van der Waals surface area contributed by atoms with E-state index in [1.165, 1.54) is 0 Å². The molecule has 1 aliphatic rings. The minimum Gasteiger partial charge on any atom is -0.486 e. The van der Waals surface area contributed by atoms with Gasteiger partial charge in [0, 0.05) is 18.2 Å². The molecule has 2 rings (SSSR count). The molecule has 0 N–H and O–H groups in total. The van der Waals surface area contributed by atoms with E-state index in [0.717, 1.165) is 23.6 Å². The summed E-state index contributed by atoms with van der Waals surface area (Å²) < 4.78 is 11.1. The number of nitrogens with zero attached hydrogens (tertiary/aromatic N) is 1. The van der Waals surface area contributed by atoms with Crippen LogP contribution in [-0.2, 0) is 0 Å². The third-order valence-corrected chi connectivity index (χ3v) is 2.56. The van der Waals surface area contributed by atoms with Crippen LogP contribution in [0.25, 0.3) is 0 Å². The van der Waals surface area contributed by atoms with Crippen LogP contribution in [0, 0.1) is 0 Å². The SMILES string of the molecule is CCC(C)c1nccc2c1OCCO2. The van der Waals surface area contributed by atoms with E-state index in [1.54, 1.807) is 6.20 Å². The van der Waals surface area contributed by atoms with Gasteiger partial charge >= 0.3 is 0 Å². The number of hydrogen-bond donors (Lipinski definition) is 0. The molecule has 14 heavy (non-hydrogen) atoms. The van der Waals surface area contributed by atoms with E-state index < -0.39 is 0 Å². The first-order chi connectivity index (χ1) is 6.83. The van der Waals surface area contributed by atoms with Crippen LogP contribution in [-0.4, -0.2) is 18.2 Å². The van der Waals surface area contributed by atoms with Crippen LogP contribution in [0.4, 0.5) is 0 Å². The molecule has 0 radical (unpaired) electrons. The van der Waals surface area contributed by atoms with Crippen molar-refractivity contribution in [1.82, 2.24) is 4.98 Å². The first-order valence-electron chi connectivity index (χ1n) is 5.07. The second-order valence-corrected chi connectivity index (χ2v) is 3.53. The monoisotopic (exact) mass is 193 g/mol. The molecule has 1 unspecified atom stereocenters. The van der Waals surface area contributed by atoms with Crippen molar-refractivity contribution >= 4 is 0 Å². The second kappa shape index (κ2) is 3.86. The Hall–Kier alpha value is -1.25. The van der Waals surface area contributed by atoms with Crippen molar-refractivity contribution in [3.8, 4) is 11.5 Å². The number of ether oxygens (including phenoxy) is 2. The fourth-order valence-corrected chi connectivity index (χ4v) is 1.54. The van der Waals surface area contributed by atoms with E-state index in [9.17, 15) is 0 Å². The Labute approximate surface area is 84.1 Å². The lowest BCUT2D eigenvalue weighted by Gasteiger charge is -2.22. The summed E-state index contributed by atoms with van der Waals surface area (Å²) in [5, 5.41) is 0. The zero-order valence-corrected chi connectivity index (χ0v) is 8.62. The molecule has 0 aliphatic carbocycles. The molecule has 1 aromatic rings. The van der Waals surface area contributed by atoms with Gasteiger partial charge in [-0.05, 0) is 6.42 Å². The highest BCUT2D eigenvalue weighted by Gasteiger charge is 2.19. The first kappa shape index (κ1) is 9.31. The maximum atomic E-state index is 5.59. The fraction of sp³-hybridized carbons (Fsp3) is 0.545. The van der Waals surface area contributed by atoms with Gasteiger partial charge in [0.25, 0.3) is 0 Å². The van der Waals surface area contributed by atoms with E-state index in [2.05, 4.69) is 18.8 Å². The zero-order valence-electron chi connectivity index (χ0n) is 8.62. The molecule has 1 atom stereocenters. The smallest absolute Gasteiger partial charge is 0.183 e. The van der Waals surface area contributed by atoms with Crippen LogP contribution in [0.3, 0.4) is 0 Å². The standard InChI is InChI=1S/C11H15NO2/c1-3-8(2)10-11-9(4-5-12-10)13-6-7-14-11/h4-5,8H,3,6-7H2,1-2H3. The zero-order chi connectivity index (χ0) is 9.97. The van der Waals surface area contributed by atoms with Crippen molar-refractivity contribution in [2.24, 2.45) is 0 Å². The molecule has 0 fully saturated rings. The van der Waals surface area contributed by atoms with Gasteiger partial charge in [-0.15, -0.1) is 0 Å². The minimum absolute atomic E-state index is 0.423. The number of fused-ring (bicyclic) bond motifs is 1. The van der Waals surface area contributed by atoms with Crippen molar-refractivity contribution in [2.45, 2.75) is 26.2 Å². The van der Waals surface area contributed by atoms with Crippen LogP contribution in [0.2, 0.25) is 0 Å². The van der Waals surface area contributed by atoms with Gasteiger partial charge in [-0.25, -0.2) is 0 Å². The summed E-state index contributed by atoms with van der Waals surface area (Å²) in [6.45, 7) is 5.56. The fourth-order valence-electron chi connectivity index (χ4n) is 1.54. The van der Waals surface area contributed by atoms with E-state index in [4.69, 9.17) is 9.47 Å². The Balaban J connectivity index is 2.39. The third kappa shape index (κ3) is 1.54. The molecule has 3 heteroatoms. The highest BCUT2D eigenvalue weighted by atomic mass is 16.6. The molecule has 2 heterocycles. The highest BCUT2D eigenvalue weighted by molar-refractivity contribution is 5.44. The van der Waals surface area contributed by atoms with Gasteiger partial charge in [-0.1, -0.05) is 13.8 Å². The molecule has 0 bridgehead atoms. The molecule has 0 saturated heterocycles. The highest BCUT2D eigenvalue weighted by Crippen LogP contribution is 2.36. The molecular formula is C11H15NO2. The summed E-state index contributed by atoms with van der Waals surface area (Å²) in [4.78, 5) is 4.36. The molecule has 1 aliphatic heterocycles. The maximum absolute atomic E-state index is 5.59. The molecule has 0 saturated carbocycles. The quantitative estimate of drug-likeness (QED) is 0.722. The predicted octanol–water partition coefficient (Wildman–Crippen LogP) is 2.37. The van der Waals surface area contributed by atoms with Crippen LogP contribution < -0.4 is 9.47 Å². The average Bonchev–Trinajstić information content (AvgIpc) is 2.27. The van der Waals surface area contributed by atoms with Crippen LogP contribution in [0.5, 0.6) is 11.5 Å². The van der Waals surface area contributed by atoms with Crippen LogP contribution >= 0.6 is 0 Å². The van der Waals surface area contributed by atoms with Gasteiger partial charge in [0.2, 0.25) is 0 Å². The normalized spacial score (nSPS) is 16.4. The van der Waals surface area contributed by atoms with Crippen LogP contribution in [0.1, 0.15) is 31.9 Å². The van der Waals surface area contributed by atoms with Crippen molar-refractivity contribution < 1.29 is 9.47 Å². The van der Waals surface area contributed by atoms with Crippen molar-refractivity contribution in [3.05, 3.63) is 18.0 Å². The van der Waals surface area contributed by atoms with E-state index >= 15 is 0 Å². The maximum Gasteiger partial charge on any atom is 0.183 e. The molecule has 0 spiro atoms. The molecule has 76 valence electrons. The summed E-state index contributed by atoms with van der Waals surface area (Å²) in [5.74, 6) is 2.10. The van der Waals surface area contributed by atoms with Crippen LogP contribution in [0.15, 0.2) is 12.3 Å². The Morgan fingerprint density at radius 3 is 3.00 bits per heavy atom. The Bertz CT molecular complexity index is 325. The lowest BCUT2D eigenvalue weighted by atomic mass is 10.0. The van der Waals surface area contributed by atoms with Gasteiger partial charge in [-0.2, -0.15) is 0 Å². The van der Waals surface area contributed by atoms with Gasteiger partial charge in [0.1, 0.15) is 13.2 Å². The predicted molar refractivity (Wildman–Crippen MR) is 53.9 cm³/mol. The van der Waals surface area contributed by atoms with Gasteiger partial charge < -0.3 is 9.47 Å². The van der Waals surface area contributed by atoms with Crippen molar-refractivity contribution in [2.75, 3.05) is 13.2 Å². The Kier molecular flexibility index (Phi) is 2.57. The molecule has 1 aromatic heterocycles. The molecular weight excluding hydrogens is 178 g/mol. The van der Waals surface area contributed by atoms with E-state index in [1.807, 2.05) is 6.07 Å². The molecule has 0 amide bonds. The number of pyridine rings is 1. The summed E-state index contributed by atoms with van der Waals surface area (Å²) in [6, 6.07) is 1.86. The van der Waals surface area contributed by atoms with Gasteiger partial charge in [0.15, 0.2) is 11.5 Å². The molecule has 0 aromatic carbocycles. The van der Waals surface area contributed by atoms with Crippen molar-refractivity contribution in [3.63, 3.8) is 0 Å². The summed E-state index contributed by atoms with van der Waals surface area (Å²) >= 11 is 0. The average molecular weight is 193 g/mol. The van der Waals surface area contributed by atoms with E-state index in [-0.39, 0.29) is 0 Å². The first-order valence-corrected chi connectivity index (χ1v) is 5.07. The Morgan fingerprint density at radius 1 is 1.43 bits per heavy atom. The van der Waals surface area contributed by atoms with Gasteiger partial charge in [-0.3, -0.25) is 4.98 Å². The third-order valence-electron chi connectivity index (χ3n) is 2.56. The van der Waals surface area contributed by atoms with Gasteiger partial charge in [0.05, 0.1) is 5.69 Å². The molecule has 3 nitrogen and oxygen atoms in total. The summed E-state index contributed by atoms with van der Waals surface area (Å²) in [6.07, 6.45) is 2.85.